The van der Waals surface area contributed by atoms with E-state index < -0.39 is 60.8 Å². The van der Waals surface area contributed by atoms with E-state index in [9.17, 15) is 58.6 Å². The normalized spacial score (nSPS) is 12.0. The summed E-state index contributed by atoms with van der Waals surface area (Å²) < 4.78 is 32.0. The number of halogens is 2. The summed E-state index contributed by atoms with van der Waals surface area (Å²) in [4.78, 5) is 49.8. The molecule has 2 aromatic heterocycles. The number of para-hydroxylation sites is 2. The first-order valence-electron chi connectivity index (χ1n) is 27.3. The number of anilines is 2. The van der Waals surface area contributed by atoms with Crippen molar-refractivity contribution in [1.29, 1.82) is 0 Å². The number of aliphatic hydroxyl groups excluding tert-OH is 4. The van der Waals surface area contributed by atoms with E-state index >= 15 is 0 Å². The number of hydrogen-bond donors (Lipinski definition) is 6. The van der Waals surface area contributed by atoms with Gasteiger partial charge in [0.1, 0.15) is 11.6 Å². The van der Waals surface area contributed by atoms with Crippen LogP contribution in [-0.2, 0) is 22.7 Å². The summed E-state index contributed by atoms with van der Waals surface area (Å²) in [6.45, 7) is 8.45. The van der Waals surface area contributed by atoms with Gasteiger partial charge in [0.05, 0.1) is 46.9 Å². The third-order valence-electron chi connectivity index (χ3n) is 13.8. The van der Waals surface area contributed by atoms with Crippen molar-refractivity contribution in [2.75, 3.05) is 10.6 Å². The van der Waals surface area contributed by atoms with Crippen molar-refractivity contribution in [2.45, 2.75) is 116 Å². The van der Waals surface area contributed by atoms with E-state index in [0.29, 0.717) is 56.1 Å². The van der Waals surface area contributed by atoms with Crippen molar-refractivity contribution in [1.82, 2.24) is 9.13 Å². The number of hydrogen-bond acceptors (Lipinski definition) is 10. The summed E-state index contributed by atoms with van der Waals surface area (Å²) in [6, 6.07) is 49.4. The summed E-state index contributed by atoms with van der Waals surface area (Å²) in [7, 11) is 0. The number of amides is 2. The molecule has 0 fully saturated rings. The molecule has 87 heavy (non-hydrogen) atoms. The van der Waals surface area contributed by atoms with Crippen LogP contribution >= 0.6 is 0 Å². The first-order chi connectivity index (χ1) is 39.3. The summed E-state index contributed by atoms with van der Waals surface area (Å²) >= 11 is 0. The van der Waals surface area contributed by atoms with E-state index in [1.807, 2.05) is 134 Å². The Kier molecular flexibility index (Phi) is 32.7. The topological polar surface area (TPSA) is 324 Å². The minimum absolute atomic E-state index is 0. The predicted molar refractivity (Wildman–Crippen MR) is 334 cm³/mol. The predicted octanol–water partition coefficient (Wildman–Crippen LogP) is 6.95. The van der Waals surface area contributed by atoms with Crippen LogP contribution < -0.4 is 20.8 Å². The van der Waals surface area contributed by atoms with Crippen molar-refractivity contribution in [3.8, 4) is 44.8 Å². The van der Waals surface area contributed by atoms with Crippen LogP contribution in [0.2, 0.25) is 0 Å². The molecular weight excluding hydrogens is 1170 g/mol. The number of carboxylic acid groups (broad SMARTS) is 2. The van der Waals surface area contributed by atoms with E-state index in [1.165, 1.54) is 24.3 Å². The first kappa shape index (κ1) is 77.0. The van der Waals surface area contributed by atoms with Crippen molar-refractivity contribution in [3.63, 3.8) is 0 Å². The van der Waals surface area contributed by atoms with E-state index in [-0.39, 0.29) is 157 Å². The summed E-state index contributed by atoms with van der Waals surface area (Å²) in [5.74, 6) is -4.41. The summed E-state index contributed by atoms with van der Waals surface area (Å²) in [5.41, 5.74) is 9.43. The number of nitrogens with zero attached hydrogens (tertiary/aromatic N) is 2. The Morgan fingerprint density at radius 3 is 1.01 bits per heavy atom. The van der Waals surface area contributed by atoms with Crippen molar-refractivity contribution in [3.05, 3.63) is 204 Å². The van der Waals surface area contributed by atoms with Gasteiger partial charge in [0, 0.05) is 71.8 Å². The Morgan fingerprint density at radius 1 is 0.448 bits per heavy atom. The molecular formula is C66H76Ca2F2N4O13. The Hall–Kier alpha value is -6.14. The fraction of sp³-hybridized carbons (Fsp3) is 0.273. The van der Waals surface area contributed by atoms with Crippen molar-refractivity contribution >= 4 is 111 Å². The van der Waals surface area contributed by atoms with E-state index in [0.717, 1.165) is 22.5 Å². The molecule has 0 bridgehead atoms. The number of benzene rings is 6. The second-order valence-corrected chi connectivity index (χ2v) is 20.8. The number of carbonyl (C=O) groups excluding carboxylic acids is 4. The molecule has 8 rings (SSSR count). The van der Waals surface area contributed by atoms with Crippen molar-refractivity contribution < 1.29 is 77.9 Å². The molecule has 21 heteroatoms. The van der Waals surface area contributed by atoms with Crippen LogP contribution in [0.4, 0.5) is 20.2 Å². The van der Waals surface area contributed by atoms with Crippen LogP contribution in [0.25, 0.3) is 44.8 Å². The van der Waals surface area contributed by atoms with Crippen LogP contribution in [-0.4, -0.2) is 170 Å². The van der Waals surface area contributed by atoms with Gasteiger partial charge in [-0.25, -0.2) is 8.78 Å². The Morgan fingerprint density at radius 2 is 0.736 bits per heavy atom. The minimum Gasteiger partial charge on any atom is -1.00 e. The fourth-order valence-electron chi connectivity index (χ4n) is 10.4. The van der Waals surface area contributed by atoms with Gasteiger partial charge in [-0.3, -0.25) is 9.59 Å². The second kappa shape index (κ2) is 37.0. The number of carboxylic acids is 2. The molecule has 2 heterocycles. The second-order valence-electron chi connectivity index (χ2n) is 20.8. The zero-order valence-electron chi connectivity index (χ0n) is 51.1. The number of carbonyl (C=O) groups is 4. The van der Waals surface area contributed by atoms with Gasteiger partial charge >= 0.3 is 75.5 Å². The maximum Gasteiger partial charge on any atom is 2.00 e. The number of aromatic nitrogens is 2. The number of nitrogens with one attached hydrogen (secondary N) is 2. The summed E-state index contributed by atoms with van der Waals surface area (Å²) in [6.07, 6.45) is -5.54. The number of aliphatic hydroxyl groups is 4. The molecule has 2 amide bonds. The van der Waals surface area contributed by atoms with Gasteiger partial charge in [-0.05, 0) is 133 Å². The standard InChI is InChI=1S/2C33H35FN2O5.2Ca.3H2O.2H/c2*1-21(2)31-30(33(41)35-25-11-7-4-8-12-25)29(22-9-5-3-6-10-22)32(23-13-15-24(34)16-14-23)36(31)18-17-26(37)19-27(38)20-28(39)40;;;;;;;/h2*3-16,21,26-27,37-38H,17-20H2,1-2H3,(H,35,41)(H,39,40);;;3*1H2;;/q;;2*+2;;;;2*-1/p-2/t2*26-,27-;;;;;;;/m11......./s1. The maximum atomic E-state index is 14.0. The molecule has 0 aliphatic carbocycles. The molecule has 0 aliphatic rings. The Labute approximate surface area is 567 Å². The number of aliphatic carboxylic acids is 2. The monoisotopic (exact) mass is 1250 g/mol. The van der Waals surface area contributed by atoms with Crippen LogP contribution in [0.15, 0.2) is 170 Å². The van der Waals surface area contributed by atoms with E-state index in [4.69, 9.17) is 0 Å². The first-order valence-corrected chi connectivity index (χ1v) is 27.3. The molecule has 17 nitrogen and oxygen atoms in total. The van der Waals surface area contributed by atoms with Crippen molar-refractivity contribution in [2.24, 2.45) is 0 Å². The van der Waals surface area contributed by atoms with Gasteiger partial charge in [-0.15, -0.1) is 0 Å². The molecule has 6 aromatic carbocycles. The van der Waals surface area contributed by atoms with Crippen LogP contribution in [0, 0.1) is 11.6 Å². The molecule has 0 saturated carbocycles. The SMILES string of the molecule is CC(C)c1c(C(=O)Nc2ccccc2)c(-c2ccccc2)c(-c2ccc(F)cc2)n1CC[C@@H](O)C[C@@H](O)CC(=O)[O-].CC(C)c1c(C(=O)Nc2ccccc2)c(-c2ccccc2)c(-c2ccc(F)cc2)n1CC[C@@H](O)C[C@@H](O)CC(=O)[O-].O.O.O.[Ca+2].[Ca+2].[H-].[H-]. The summed E-state index contributed by atoms with van der Waals surface area (Å²) in [5, 5.41) is 69.2. The quantitative estimate of drug-likeness (QED) is 0.0338. The molecule has 4 atom stereocenters. The van der Waals surface area contributed by atoms with Gasteiger partial charge in [0.25, 0.3) is 11.8 Å². The average molecular weight is 1250 g/mol. The smallest absolute Gasteiger partial charge is 1.00 e. The van der Waals surface area contributed by atoms with Gasteiger partial charge in [-0.1, -0.05) is 125 Å². The van der Waals surface area contributed by atoms with Crippen LogP contribution in [0.3, 0.4) is 0 Å². The van der Waals surface area contributed by atoms with Gasteiger partial charge in [0.2, 0.25) is 0 Å². The zero-order valence-corrected chi connectivity index (χ0v) is 53.5. The molecule has 0 radical (unpaired) electrons. The van der Waals surface area contributed by atoms with E-state index in [2.05, 4.69) is 10.6 Å². The minimum atomic E-state index is -1.39. The van der Waals surface area contributed by atoms with Crippen LogP contribution in [0.5, 0.6) is 0 Å². The largest absolute Gasteiger partial charge is 2.00 e. The molecule has 12 N–H and O–H groups in total. The average Bonchev–Trinajstić information content (AvgIpc) is 1.63. The molecule has 0 unspecified atom stereocenters. The van der Waals surface area contributed by atoms with Gasteiger partial charge in [-0.2, -0.15) is 0 Å². The molecule has 0 aliphatic heterocycles. The maximum absolute atomic E-state index is 14.0. The van der Waals surface area contributed by atoms with Gasteiger partial charge in [0.15, 0.2) is 0 Å². The molecule has 8 aromatic rings. The zero-order chi connectivity index (χ0) is 59.0. The molecule has 456 valence electrons. The third-order valence-corrected chi connectivity index (χ3v) is 13.8. The molecule has 0 spiro atoms. The van der Waals surface area contributed by atoms with Gasteiger partial charge < -0.3 is 79.3 Å². The Balaban J connectivity index is 0.00000161. The van der Waals surface area contributed by atoms with E-state index in [1.54, 1.807) is 48.5 Å². The van der Waals surface area contributed by atoms with Crippen LogP contribution in [0.1, 0.15) is 113 Å². The Bertz CT molecular complexity index is 3200. The number of rotatable bonds is 24. The molecule has 0 saturated heterocycles. The fourth-order valence-corrected chi connectivity index (χ4v) is 10.4. The third kappa shape index (κ3) is 21.0.